The summed E-state index contributed by atoms with van der Waals surface area (Å²) < 4.78 is 30.7. The fraction of sp³-hybridized carbons (Fsp3) is 0.190. The topological polar surface area (TPSA) is 79.6 Å². The van der Waals surface area contributed by atoms with Gasteiger partial charge in [-0.25, -0.2) is 12.7 Å². The molecule has 0 aliphatic heterocycles. The fourth-order valence-electron chi connectivity index (χ4n) is 3.54. The number of carbonyl (C=O) groups excluding carboxylic acids is 1. The number of amides is 1. The standard InChI is InChI=1S/C21H20N2O4S/c24-21(22-14-18-7-4-12-27-18)19-8-1-2-9-20(19)23(28(25)26)17-11-10-15-5-3-6-16(15)13-17/h1-2,4,7-13,28H,3,5-6,14H2,(H,22,24). The summed E-state index contributed by atoms with van der Waals surface area (Å²) in [5.74, 6) is 0.256. The first-order chi connectivity index (χ1) is 13.6. The van der Waals surface area contributed by atoms with Gasteiger partial charge in [0.25, 0.3) is 5.91 Å². The molecule has 1 N–H and O–H groups in total. The maximum Gasteiger partial charge on any atom is 0.253 e. The Hall–Kier alpha value is -3.06. The molecule has 4 rings (SSSR count). The molecule has 0 spiro atoms. The number of hydrogen-bond acceptors (Lipinski definition) is 4. The number of nitrogens with zero attached hydrogens (tertiary/aromatic N) is 1. The minimum absolute atomic E-state index is 0.225. The lowest BCUT2D eigenvalue weighted by atomic mass is 10.1. The van der Waals surface area contributed by atoms with Gasteiger partial charge in [-0.3, -0.25) is 4.79 Å². The summed E-state index contributed by atoms with van der Waals surface area (Å²) in [6.45, 7) is 0.225. The molecular weight excluding hydrogens is 376 g/mol. The van der Waals surface area contributed by atoms with Crippen LogP contribution in [-0.2, 0) is 30.3 Å². The number of benzene rings is 2. The number of carbonyl (C=O) groups is 1. The van der Waals surface area contributed by atoms with Gasteiger partial charge in [0.2, 0.25) is 10.9 Å². The lowest BCUT2D eigenvalue weighted by Crippen LogP contribution is -2.26. The van der Waals surface area contributed by atoms with E-state index in [4.69, 9.17) is 4.42 Å². The van der Waals surface area contributed by atoms with E-state index in [-0.39, 0.29) is 18.0 Å². The van der Waals surface area contributed by atoms with Crippen molar-refractivity contribution < 1.29 is 17.6 Å². The van der Waals surface area contributed by atoms with E-state index in [0.29, 0.717) is 17.1 Å². The van der Waals surface area contributed by atoms with Crippen LogP contribution < -0.4 is 9.62 Å². The van der Waals surface area contributed by atoms with Crippen LogP contribution in [0.1, 0.15) is 33.7 Å². The van der Waals surface area contributed by atoms with Gasteiger partial charge in [0.15, 0.2) is 0 Å². The van der Waals surface area contributed by atoms with Crippen LogP contribution in [0.4, 0.5) is 11.4 Å². The van der Waals surface area contributed by atoms with Crippen LogP contribution in [0.2, 0.25) is 0 Å². The minimum atomic E-state index is -2.97. The molecule has 1 aliphatic carbocycles. The summed E-state index contributed by atoms with van der Waals surface area (Å²) in [5, 5.41) is 2.77. The Morgan fingerprint density at radius 3 is 2.64 bits per heavy atom. The zero-order valence-corrected chi connectivity index (χ0v) is 16.0. The molecule has 0 saturated heterocycles. The van der Waals surface area contributed by atoms with Gasteiger partial charge < -0.3 is 9.73 Å². The van der Waals surface area contributed by atoms with E-state index in [2.05, 4.69) is 5.32 Å². The van der Waals surface area contributed by atoms with Crippen LogP contribution in [0.25, 0.3) is 0 Å². The Bertz CT molecular complexity index is 1070. The average Bonchev–Trinajstić information content (AvgIpc) is 3.38. The first-order valence-corrected chi connectivity index (χ1v) is 10.2. The van der Waals surface area contributed by atoms with Gasteiger partial charge in [-0.1, -0.05) is 18.2 Å². The molecule has 3 aromatic rings. The van der Waals surface area contributed by atoms with Crippen molar-refractivity contribution >= 4 is 28.2 Å². The first kappa shape index (κ1) is 18.3. The van der Waals surface area contributed by atoms with Crippen molar-refractivity contribution in [2.75, 3.05) is 4.31 Å². The molecule has 0 atom stereocenters. The number of furan rings is 1. The zero-order valence-electron chi connectivity index (χ0n) is 15.1. The minimum Gasteiger partial charge on any atom is -0.467 e. The van der Waals surface area contributed by atoms with E-state index in [1.54, 1.807) is 42.5 Å². The molecule has 0 saturated carbocycles. The lowest BCUT2D eigenvalue weighted by Gasteiger charge is -2.21. The second-order valence-corrected chi connectivity index (χ2v) is 7.51. The molecule has 144 valence electrons. The van der Waals surface area contributed by atoms with Crippen LogP contribution in [0.15, 0.2) is 65.3 Å². The third kappa shape index (κ3) is 3.66. The Labute approximate surface area is 164 Å². The van der Waals surface area contributed by atoms with Crippen LogP contribution in [0.3, 0.4) is 0 Å². The molecule has 0 bridgehead atoms. The summed E-state index contributed by atoms with van der Waals surface area (Å²) in [6, 6.07) is 15.9. The summed E-state index contributed by atoms with van der Waals surface area (Å²) in [7, 11) is -2.97. The number of hydrogen-bond donors (Lipinski definition) is 2. The van der Waals surface area contributed by atoms with E-state index in [9.17, 15) is 13.2 Å². The molecule has 1 aliphatic rings. The van der Waals surface area contributed by atoms with Crippen molar-refractivity contribution in [3.05, 3.63) is 83.3 Å². The highest BCUT2D eigenvalue weighted by Gasteiger charge is 2.21. The normalized spacial score (nSPS) is 12.8. The van der Waals surface area contributed by atoms with Crippen molar-refractivity contribution in [2.45, 2.75) is 25.8 Å². The number of para-hydroxylation sites is 1. The van der Waals surface area contributed by atoms with E-state index >= 15 is 0 Å². The van der Waals surface area contributed by atoms with Crippen molar-refractivity contribution in [2.24, 2.45) is 0 Å². The number of rotatable bonds is 6. The third-order valence-corrected chi connectivity index (χ3v) is 5.64. The maximum atomic E-state index is 12.7. The molecule has 2 aromatic carbocycles. The molecule has 1 heterocycles. The lowest BCUT2D eigenvalue weighted by molar-refractivity contribution is 0.0949. The van der Waals surface area contributed by atoms with E-state index in [0.717, 1.165) is 19.3 Å². The van der Waals surface area contributed by atoms with Crippen molar-refractivity contribution in [3.63, 3.8) is 0 Å². The predicted molar refractivity (Wildman–Crippen MR) is 107 cm³/mol. The monoisotopic (exact) mass is 396 g/mol. The van der Waals surface area contributed by atoms with Crippen LogP contribution >= 0.6 is 0 Å². The molecule has 0 radical (unpaired) electrons. The van der Waals surface area contributed by atoms with Gasteiger partial charge in [0.1, 0.15) is 5.76 Å². The molecule has 0 fully saturated rings. The van der Waals surface area contributed by atoms with Crippen molar-refractivity contribution in [1.82, 2.24) is 5.32 Å². The highest BCUT2D eigenvalue weighted by atomic mass is 32.2. The average molecular weight is 396 g/mol. The molecule has 1 aromatic heterocycles. The third-order valence-electron chi connectivity index (χ3n) is 4.87. The Balaban J connectivity index is 1.67. The Morgan fingerprint density at radius 1 is 1.04 bits per heavy atom. The van der Waals surface area contributed by atoms with Gasteiger partial charge >= 0.3 is 0 Å². The number of nitrogens with one attached hydrogen (secondary N) is 1. The SMILES string of the molecule is O=C(NCc1ccco1)c1ccccc1N(c1ccc2c(c1)CCC2)[SH](=O)=O. The van der Waals surface area contributed by atoms with Crippen LogP contribution in [-0.4, -0.2) is 14.3 Å². The number of aryl methyl sites for hydroxylation is 2. The Kier molecular flexibility index (Phi) is 5.16. The smallest absolute Gasteiger partial charge is 0.253 e. The second kappa shape index (κ2) is 7.90. The zero-order chi connectivity index (χ0) is 19.5. The number of thiol groups is 1. The van der Waals surface area contributed by atoms with Gasteiger partial charge in [-0.05, 0) is 66.8 Å². The predicted octanol–water partition coefficient (Wildman–Crippen LogP) is 3.36. The second-order valence-electron chi connectivity index (χ2n) is 6.64. The highest BCUT2D eigenvalue weighted by molar-refractivity contribution is 7.74. The summed E-state index contributed by atoms with van der Waals surface area (Å²) in [4.78, 5) is 12.7. The maximum absolute atomic E-state index is 12.7. The molecule has 0 unspecified atom stereocenters. The first-order valence-electron chi connectivity index (χ1n) is 9.09. The Morgan fingerprint density at radius 2 is 1.86 bits per heavy atom. The van der Waals surface area contributed by atoms with Gasteiger partial charge in [-0.2, -0.15) is 0 Å². The van der Waals surface area contributed by atoms with E-state index in [1.165, 1.54) is 21.7 Å². The quantitative estimate of drug-likeness (QED) is 0.626. The molecular formula is C21H20N2O4S. The molecule has 7 heteroatoms. The van der Waals surface area contributed by atoms with Crippen molar-refractivity contribution in [3.8, 4) is 0 Å². The van der Waals surface area contributed by atoms with E-state index in [1.807, 2.05) is 12.1 Å². The largest absolute Gasteiger partial charge is 0.467 e. The molecule has 28 heavy (non-hydrogen) atoms. The van der Waals surface area contributed by atoms with Crippen molar-refractivity contribution in [1.29, 1.82) is 0 Å². The van der Waals surface area contributed by atoms with Crippen LogP contribution in [0, 0.1) is 0 Å². The summed E-state index contributed by atoms with van der Waals surface area (Å²) in [6.07, 6.45) is 4.57. The molecule has 1 amide bonds. The molecule has 6 nitrogen and oxygen atoms in total. The number of anilines is 2. The summed E-state index contributed by atoms with van der Waals surface area (Å²) in [5.41, 5.74) is 3.58. The highest BCUT2D eigenvalue weighted by Crippen LogP contribution is 2.33. The van der Waals surface area contributed by atoms with Gasteiger partial charge in [-0.15, -0.1) is 0 Å². The number of fused-ring (bicyclic) bond motifs is 1. The van der Waals surface area contributed by atoms with Crippen LogP contribution in [0.5, 0.6) is 0 Å². The van der Waals surface area contributed by atoms with E-state index < -0.39 is 10.9 Å². The van der Waals surface area contributed by atoms with Gasteiger partial charge in [0, 0.05) is 0 Å². The fourth-order valence-corrected chi connectivity index (χ4v) is 4.20. The summed E-state index contributed by atoms with van der Waals surface area (Å²) >= 11 is 0. The van der Waals surface area contributed by atoms with Gasteiger partial charge in [0.05, 0.1) is 29.7 Å².